The third kappa shape index (κ3) is 4.16. The van der Waals surface area contributed by atoms with Crippen molar-refractivity contribution in [3.8, 4) is 0 Å². The number of likely N-dealkylation sites (tertiary alicyclic amines) is 1. The van der Waals surface area contributed by atoms with Gasteiger partial charge in [0, 0.05) is 38.3 Å². The number of aryl methyl sites for hydroxylation is 1. The van der Waals surface area contributed by atoms with Crippen molar-refractivity contribution in [2.24, 2.45) is 0 Å². The zero-order valence-corrected chi connectivity index (χ0v) is 18.9. The first-order valence-electron chi connectivity index (χ1n) is 10.8. The number of rotatable bonds is 7. The molecule has 1 aromatic carbocycles. The molecule has 8 heteroatoms. The van der Waals surface area contributed by atoms with E-state index in [1.54, 1.807) is 36.5 Å². The van der Waals surface area contributed by atoms with Crippen LogP contribution >= 0.6 is 0 Å². The third-order valence-electron chi connectivity index (χ3n) is 6.45. The maximum absolute atomic E-state index is 13.8. The predicted molar refractivity (Wildman–Crippen MR) is 120 cm³/mol. The monoisotopic (exact) mass is 446 g/mol. The smallest absolute Gasteiger partial charge is 0.241 e. The molecule has 0 spiro atoms. The fourth-order valence-corrected chi connectivity index (χ4v) is 4.42. The number of benzene rings is 1. The van der Waals surface area contributed by atoms with Crippen LogP contribution in [0.5, 0.6) is 0 Å². The summed E-state index contributed by atoms with van der Waals surface area (Å²) < 4.78 is 4.91. The number of carbonyl (C=O) groups excluding carboxylic acids is 3. The van der Waals surface area contributed by atoms with Gasteiger partial charge in [0.15, 0.2) is 0 Å². The van der Waals surface area contributed by atoms with Gasteiger partial charge in [-0.25, -0.2) is 0 Å². The molecule has 1 fully saturated rings. The van der Waals surface area contributed by atoms with Crippen LogP contribution in [-0.2, 0) is 26.3 Å². The molecule has 3 heterocycles. The van der Waals surface area contributed by atoms with E-state index in [0.29, 0.717) is 11.3 Å². The molecule has 0 saturated carbocycles. The minimum absolute atomic E-state index is 0.0606. The van der Waals surface area contributed by atoms with E-state index in [2.05, 4.69) is 10.1 Å². The quantitative estimate of drug-likeness (QED) is 0.517. The third-order valence-corrected chi connectivity index (χ3v) is 6.45. The van der Waals surface area contributed by atoms with Crippen molar-refractivity contribution >= 4 is 17.7 Å². The van der Waals surface area contributed by atoms with Crippen LogP contribution in [0, 0.1) is 6.92 Å². The van der Waals surface area contributed by atoms with Gasteiger partial charge in [0.1, 0.15) is 12.0 Å². The Balaban J connectivity index is 1.68. The molecule has 2 atom stereocenters. The Kier molecular flexibility index (Phi) is 6.09. The van der Waals surface area contributed by atoms with Crippen LogP contribution in [0.4, 0.5) is 0 Å². The molecule has 8 nitrogen and oxygen atoms in total. The maximum atomic E-state index is 13.8. The van der Waals surface area contributed by atoms with Gasteiger partial charge in [0.05, 0.1) is 18.0 Å². The van der Waals surface area contributed by atoms with Crippen LogP contribution in [-0.4, -0.2) is 44.7 Å². The van der Waals surface area contributed by atoms with Crippen LogP contribution in [0.3, 0.4) is 0 Å². The number of nitrogens with zero attached hydrogens (tertiary/aromatic N) is 4. The van der Waals surface area contributed by atoms with Crippen molar-refractivity contribution in [1.29, 1.82) is 0 Å². The highest BCUT2D eigenvalue weighted by Gasteiger charge is 2.54. The van der Waals surface area contributed by atoms with E-state index in [1.165, 1.54) is 11.2 Å². The normalized spacial score (nSPS) is 19.1. The van der Waals surface area contributed by atoms with Gasteiger partial charge in [0.2, 0.25) is 17.7 Å². The highest BCUT2D eigenvalue weighted by molar-refractivity contribution is 6.10. The van der Waals surface area contributed by atoms with Gasteiger partial charge >= 0.3 is 0 Å². The van der Waals surface area contributed by atoms with E-state index in [1.807, 2.05) is 44.2 Å². The van der Waals surface area contributed by atoms with Crippen molar-refractivity contribution in [2.75, 3.05) is 7.05 Å². The number of pyridine rings is 1. The lowest BCUT2D eigenvalue weighted by Crippen LogP contribution is -2.43. The predicted octanol–water partition coefficient (Wildman–Crippen LogP) is 3.18. The molecule has 1 saturated heterocycles. The van der Waals surface area contributed by atoms with Crippen molar-refractivity contribution < 1.29 is 18.9 Å². The summed E-state index contributed by atoms with van der Waals surface area (Å²) in [5.41, 5.74) is 1.67. The average molecular weight is 447 g/mol. The first kappa shape index (κ1) is 22.4. The lowest BCUT2D eigenvalue weighted by atomic mass is 9.74. The topological polar surface area (TPSA) is 96.6 Å². The number of hydrogen-bond acceptors (Lipinski definition) is 6. The zero-order valence-electron chi connectivity index (χ0n) is 18.9. The van der Waals surface area contributed by atoms with E-state index < -0.39 is 5.41 Å². The first-order chi connectivity index (χ1) is 15.8. The largest absolute Gasteiger partial charge is 0.364 e. The zero-order chi connectivity index (χ0) is 23.6. The molecule has 0 N–H and O–H groups in total. The van der Waals surface area contributed by atoms with Crippen LogP contribution in [0.25, 0.3) is 0 Å². The van der Waals surface area contributed by atoms with Gasteiger partial charge < -0.3 is 9.42 Å². The molecule has 4 rings (SSSR count). The Hall–Kier alpha value is -3.81. The SMILES string of the molecule is Cc1ccccc1[C@]1(CC(=O)N(C)[C@H](C)c2ccon2)CC(=O)N(Cc2cccnc2)C1=O. The van der Waals surface area contributed by atoms with Gasteiger partial charge in [0.25, 0.3) is 0 Å². The number of imide groups is 1. The summed E-state index contributed by atoms with van der Waals surface area (Å²) in [5, 5.41) is 3.92. The molecule has 0 bridgehead atoms. The summed E-state index contributed by atoms with van der Waals surface area (Å²) in [6, 6.07) is 12.4. The molecule has 170 valence electrons. The molecule has 1 aliphatic heterocycles. The number of aromatic nitrogens is 2. The first-order valence-corrected chi connectivity index (χ1v) is 10.8. The Morgan fingerprint density at radius 1 is 1.21 bits per heavy atom. The standard InChI is InChI=1S/C25H26N4O4/c1-17-7-4-5-9-20(17)25(13-22(30)28(3)18(2)21-10-12-33-27-21)14-23(31)29(24(25)32)16-19-8-6-11-26-15-19/h4-12,15,18H,13-14,16H2,1-3H3/t18-,25+/m1/s1. The van der Waals surface area contributed by atoms with Crippen molar-refractivity contribution in [3.63, 3.8) is 0 Å². The molecule has 2 aromatic heterocycles. The van der Waals surface area contributed by atoms with Gasteiger partial charge in [-0.05, 0) is 36.6 Å². The molecular weight excluding hydrogens is 420 g/mol. The summed E-state index contributed by atoms with van der Waals surface area (Å²) in [5.74, 6) is -0.910. The molecule has 0 unspecified atom stereocenters. The molecule has 0 aliphatic carbocycles. The fourth-order valence-electron chi connectivity index (χ4n) is 4.42. The minimum atomic E-state index is -1.26. The van der Waals surface area contributed by atoms with Gasteiger partial charge in [-0.15, -0.1) is 0 Å². The lowest BCUT2D eigenvalue weighted by molar-refractivity contribution is -0.143. The Morgan fingerprint density at radius 2 is 2.00 bits per heavy atom. The molecule has 33 heavy (non-hydrogen) atoms. The summed E-state index contributed by atoms with van der Waals surface area (Å²) in [6.45, 7) is 3.86. The number of amides is 3. The second-order valence-electron chi connectivity index (χ2n) is 8.50. The maximum Gasteiger partial charge on any atom is 0.241 e. The van der Waals surface area contributed by atoms with Crippen molar-refractivity contribution in [3.05, 3.63) is 83.5 Å². The van der Waals surface area contributed by atoms with E-state index in [0.717, 1.165) is 11.1 Å². The highest BCUT2D eigenvalue weighted by atomic mass is 16.5. The van der Waals surface area contributed by atoms with Crippen LogP contribution in [0.2, 0.25) is 0 Å². The van der Waals surface area contributed by atoms with Crippen molar-refractivity contribution in [1.82, 2.24) is 19.9 Å². The average Bonchev–Trinajstić information content (AvgIpc) is 3.43. The minimum Gasteiger partial charge on any atom is -0.364 e. The molecular formula is C25H26N4O4. The second kappa shape index (κ2) is 8.97. The highest BCUT2D eigenvalue weighted by Crippen LogP contribution is 2.42. The van der Waals surface area contributed by atoms with Crippen LogP contribution in [0.1, 0.15) is 48.2 Å². The van der Waals surface area contributed by atoms with E-state index in [-0.39, 0.29) is 43.1 Å². The summed E-state index contributed by atoms with van der Waals surface area (Å²) >= 11 is 0. The van der Waals surface area contributed by atoms with Crippen LogP contribution in [0.15, 0.2) is 65.6 Å². The lowest BCUT2D eigenvalue weighted by Gasteiger charge is -2.32. The van der Waals surface area contributed by atoms with E-state index in [9.17, 15) is 14.4 Å². The van der Waals surface area contributed by atoms with E-state index in [4.69, 9.17) is 4.52 Å². The Morgan fingerprint density at radius 3 is 2.67 bits per heavy atom. The Labute approximate surface area is 192 Å². The second-order valence-corrected chi connectivity index (χ2v) is 8.50. The molecule has 3 aromatic rings. The van der Waals surface area contributed by atoms with Gasteiger partial charge in [-0.3, -0.25) is 24.3 Å². The summed E-state index contributed by atoms with van der Waals surface area (Å²) in [4.78, 5) is 47.2. The van der Waals surface area contributed by atoms with E-state index >= 15 is 0 Å². The number of carbonyl (C=O) groups is 3. The van der Waals surface area contributed by atoms with Gasteiger partial charge in [-0.1, -0.05) is 35.5 Å². The molecule has 1 aliphatic rings. The summed E-state index contributed by atoms with van der Waals surface area (Å²) in [6.07, 6.45) is 4.54. The number of hydrogen-bond donors (Lipinski definition) is 0. The fraction of sp³-hybridized carbons (Fsp3) is 0.320. The molecule has 0 radical (unpaired) electrons. The van der Waals surface area contributed by atoms with Crippen molar-refractivity contribution in [2.45, 2.75) is 44.7 Å². The Bertz CT molecular complexity index is 1160. The van der Waals surface area contributed by atoms with Crippen LogP contribution < -0.4 is 0 Å². The summed E-state index contributed by atoms with van der Waals surface area (Å²) in [7, 11) is 1.67. The van der Waals surface area contributed by atoms with Gasteiger partial charge in [-0.2, -0.15) is 0 Å². The molecule has 3 amide bonds.